The third kappa shape index (κ3) is 2.71. The zero-order valence-electron chi connectivity index (χ0n) is 10.0. The van der Waals surface area contributed by atoms with Gasteiger partial charge in [0.15, 0.2) is 0 Å². The first kappa shape index (κ1) is 11.7. The lowest BCUT2D eigenvalue weighted by molar-refractivity contribution is 0.671. The SMILES string of the molecule is Clc1ccc(CN[C@H]2CC2c2ccccc2)cn1. The molecule has 3 rings (SSSR count). The van der Waals surface area contributed by atoms with E-state index in [2.05, 4.69) is 40.6 Å². The van der Waals surface area contributed by atoms with Gasteiger partial charge in [0.25, 0.3) is 0 Å². The van der Waals surface area contributed by atoms with Crippen molar-refractivity contribution < 1.29 is 0 Å². The summed E-state index contributed by atoms with van der Waals surface area (Å²) in [5.41, 5.74) is 2.61. The lowest BCUT2D eigenvalue weighted by atomic mass is 10.1. The molecule has 1 aliphatic carbocycles. The number of hydrogen-bond donors (Lipinski definition) is 1. The van der Waals surface area contributed by atoms with Crippen molar-refractivity contribution in [1.82, 2.24) is 10.3 Å². The molecule has 1 fully saturated rings. The van der Waals surface area contributed by atoms with Crippen LogP contribution in [0.1, 0.15) is 23.5 Å². The standard InChI is InChI=1S/C15H15ClN2/c16-15-7-6-11(10-18-15)9-17-14-8-13(14)12-4-2-1-3-5-12/h1-7,10,13-14,17H,8-9H2/t13?,14-/m0/s1. The quantitative estimate of drug-likeness (QED) is 0.851. The van der Waals surface area contributed by atoms with E-state index < -0.39 is 0 Å². The van der Waals surface area contributed by atoms with E-state index in [1.54, 1.807) is 0 Å². The molecule has 3 heteroatoms. The van der Waals surface area contributed by atoms with Gasteiger partial charge < -0.3 is 5.32 Å². The van der Waals surface area contributed by atoms with Crippen LogP contribution in [0, 0.1) is 0 Å². The number of benzene rings is 1. The van der Waals surface area contributed by atoms with E-state index in [0.29, 0.717) is 17.1 Å². The largest absolute Gasteiger partial charge is 0.309 e. The Kier molecular flexibility index (Phi) is 3.31. The molecule has 1 N–H and O–H groups in total. The van der Waals surface area contributed by atoms with Crippen LogP contribution in [0.5, 0.6) is 0 Å². The predicted molar refractivity (Wildman–Crippen MR) is 73.7 cm³/mol. The van der Waals surface area contributed by atoms with Crippen LogP contribution in [0.25, 0.3) is 0 Å². The Labute approximate surface area is 112 Å². The maximum Gasteiger partial charge on any atom is 0.129 e. The number of nitrogens with zero attached hydrogens (tertiary/aromatic N) is 1. The molecule has 1 aromatic carbocycles. The van der Waals surface area contributed by atoms with Crippen molar-refractivity contribution in [3.05, 3.63) is 64.9 Å². The molecule has 2 nitrogen and oxygen atoms in total. The molecule has 0 spiro atoms. The van der Waals surface area contributed by atoms with Crippen molar-refractivity contribution in [2.45, 2.75) is 24.9 Å². The van der Waals surface area contributed by atoms with Gasteiger partial charge in [0, 0.05) is 24.7 Å². The minimum atomic E-state index is 0.548. The number of pyridine rings is 1. The Morgan fingerprint density at radius 1 is 1.17 bits per heavy atom. The Balaban J connectivity index is 1.53. The van der Waals surface area contributed by atoms with Gasteiger partial charge in [-0.25, -0.2) is 4.98 Å². The molecule has 1 unspecified atom stereocenters. The van der Waals surface area contributed by atoms with E-state index in [-0.39, 0.29) is 0 Å². The van der Waals surface area contributed by atoms with Crippen molar-refractivity contribution in [3.8, 4) is 0 Å². The molecule has 0 bridgehead atoms. The molecule has 2 aromatic rings. The maximum absolute atomic E-state index is 5.76. The lowest BCUT2D eigenvalue weighted by Crippen LogP contribution is -2.17. The normalized spacial score (nSPS) is 21.8. The van der Waals surface area contributed by atoms with E-state index in [9.17, 15) is 0 Å². The third-order valence-corrected chi connectivity index (χ3v) is 3.60. The second kappa shape index (κ2) is 5.09. The van der Waals surface area contributed by atoms with Crippen LogP contribution in [-0.4, -0.2) is 11.0 Å². The van der Waals surface area contributed by atoms with Gasteiger partial charge >= 0.3 is 0 Å². The third-order valence-electron chi connectivity index (χ3n) is 3.38. The summed E-state index contributed by atoms with van der Waals surface area (Å²) in [6.45, 7) is 0.859. The highest BCUT2D eigenvalue weighted by atomic mass is 35.5. The fourth-order valence-electron chi connectivity index (χ4n) is 2.25. The highest BCUT2D eigenvalue weighted by molar-refractivity contribution is 6.29. The molecular weight excluding hydrogens is 244 g/mol. The molecule has 1 aromatic heterocycles. The summed E-state index contributed by atoms with van der Waals surface area (Å²) in [4.78, 5) is 4.08. The number of hydrogen-bond acceptors (Lipinski definition) is 2. The molecule has 1 heterocycles. The predicted octanol–water partition coefficient (Wildman–Crippen LogP) is 3.38. The van der Waals surface area contributed by atoms with E-state index in [0.717, 1.165) is 6.54 Å². The molecule has 0 radical (unpaired) electrons. The van der Waals surface area contributed by atoms with E-state index in [1.165, 1.54) is 17.5 Å². The summed E-state index contributed by atoms with van der Waals surface area (Å²) in [7, 11) is 0. The van der Waals surface area contributed by atoms with E-state index in [1.807, 2.05) is 18.3 Å². The van der Waals surface area contributed by atoms with Crippen molar-refractivity contribution in [2.24, 2.45) is 0 Å². The highest BCUT2D eigenvalue weighted by Gasteiger charge is 2.37. The van der Waals surface area contributed by atoms with Gasteiger partial charge in [0.2, 0.25) is 0 Å². The summed E-state index contributed by atoms with van der Waals surface area (Å²) in [5, 5.41) is 4.11. The van der Waals surface area contributed by atoms with Crippen molar-refractivity contribution in [3.63, 3.8) is 0 Å². The minimum absolute atomic E-state index is 0.548. The summed E-state index contributed by atoms with van der Waals surface area (Å²) in [6.07, 6.45) is 3.06. The van der Waals surface area contributed by atoms with Gasteiger partial charge in [-0.2, -0.15) is 0 Å². The number of nitrogens with one attached hydrogen (secondary N) is 1. The molecule has 0 amide bonds. The summed E-state index contributed by atoms with van der Waals surface area (Å²) in [6, 6.07) is 15.1. The second-order valence-corrected chi connectivity index (χ2v) is 5.12. The summed E-state index contributed by atoms with van der Waals surface area (Å²) in [5.74, 6) is 0.673. The van der Waals surface area contributed by atoms with Crippen LogP contribution in [0.4, 0.5) is 0 Å². The summed E-state index contributed by atoms with van der Waals surface area (Å²) >= 11 is 5.76. The van der Waals surface area contributed by atoms with Crippen LogP contribution < -0.4 is 5.32 Å². The number of halogens is 1. The molecule has 0 aliphatic heterocycles. The van der Waals surface area contributed by atoms with Gasteiger partial charge in [-0.05, 0) is 23.6 Å². The molecule has 92 valence electrons. The zero-order valence-corrected chi connectivity index (χ0v) is 10.8. The van der Waals surface area contributed by atoms with Crippen LogP contribution in [0.2, 0.25) is 5.15 Å². The Bertz CT molecular complexity index is 510. The first-order valence-corrected chi connectivity index (χ1v) is 6.59. The van der Waals surface area contributed by atoms with Crippen LogP contribution in [0.15, 0.2) is 48.7 Å². The van der Waals surface area contributed by atoms with E-state index in [4.69, 9.17) is 11.6 Å². The minimum Gasteiger partial charge on any atom is -0.309 e. The second-order valence-electron chi connectivity index (χ2n) is 4.73. The molecule has 1 saturated carbocycles. The summed E-state index contributed by atoms with van der Waals surface area (Å²) < 4.78 is 0. The fraction of sp³-hybridized carbons (Fsp3) is 0.267. The number of rotatable bonds is 4. The topological polar surface area (TPSA) is 24.9 Å². The first-order valence-electron chi connectivity index (χ1n) is 6.22. The van der Waals surface area contributed by atoms with Crippen molar-refractivity contribution in [2.75, 3.05) is 0 Å². The molecule has 18 heavy (non-hydrogen) atoms. The van der Waals surface area contributed by atoms with Gasteiger partial charge in [0.05, 0.1) is 0 Å². The molecule has 1 aliphatic rings. The van der Waals surface area contributed by atoms with Crippen LogP contribution in [-0.2, 0) is 6.54 Å². The van der Waals surface area contributed by atoms with E-state index >= 15 is 0 Å². The highest BCUT2D eigenvalue weighted by Crippen LogP contribution is 2.40. The van der Waals surface area contributed by atoms with Crippen molar-refractivity contribution in [1.29, 1.82) is 0 Å². The van der Waals surface area contributed by atoms with Crippen LogP contribution >= 0.6 is 11.6 Å². The monoisotopic (exact) mass is 258 g/mol. The fourth-order valence-corrected chi connectivity index (χ4v) is 2.36. The van der Waals surface area contributed by atoms with Gasteiger partial charge in [-0.1, -0.05) is 48.0 Å². The molecule has 2 atom stereocenters. The van der Waals surface area contributed by atoms with Gasteiger partial charge in [-0.3, -0.25) is 0 Å². The Morgan fingerprint density at radius 3 is 2.72 bits per heavy atom. The molecule has 0 saturated heterocycles. The number of aromatic nitrogens is 1. The lowest BCUT2D eigenvalue weighted by Gasteiger charge is -2.04. The maximum atomic E-state index is 5.76. The van der Waals surface area contributed by atoms with Crippen molar-refractivity contribution >= 4 is 11.6 Å². The average molecular weight is 259 g/mol. The smallest absolute Gasteiger partial charge is 0.129 e. The zero-order chi connectivity index (χ0) is 12.4. The van der Waals surface area contributed by atoms with Gasteiger partial charge in [0.1, 0.15) is 5.15 Å². The van der Waals surface area contributed by atoms with Gasteiger partial charge in [-0.15, -0.1) is 0 Å². The molecular formula is C15H15ClN2. The Morgan fingerprint density at radius 2 is 2.00 bits per heavy atom. The van der Waals surface area contributed by atoms with Crippen LogP contribution in [0.3, 0.4) is 0 Å². The Hall–Kier alpha value is -1.38. The average Bonchev–Trinajstić information content (AvgIpc) is 3.19. The first-order chi connectivity index (χ1) is 8.83.